The highest BCUT2D eigenvalue weighted by Gasteiger charge is 2.15. The van der Waals surface area contributed by atoms with E-state index in [-0.39, 0.29) is 0 Å². The van der Waals surface area contributed by atoms with Crippen molar-refractivity contribution in [2.45, 2.75) is 0 Å². The highest BCUT2D eigenvalue weighted by molar-refractivity contribution is 5.92. The highest BCUT2D eigenvalue weighted by atomic mass is 16.5. The average molecular weight is 335 g/mol. The first-order chi connectivity index (χ1) is 12.2. The number of hydrogen-bond donors (Lipinski definition) is 0. The van der Waals surface area contributed by atoms with Crippen LogP contribution in [0.25, 0.3) is 22.6 Å². The summed E-state index contributed by atoms with van der Waals surface area (Å²) >= 11 is 0. The molecule has 5 nitrogen and oxygen atoms in total. The number of furan rings is 1. The second-order valence-corrected chi connectivity index (χ2v) is 5.27. The van der Waals surface area contributed by atoms with E-state index in [0.717, 1.165) is 11.0 Å². The molecular formula is C20H17NO4. The number of ether oxygens (including phenoxy) is 3. The van der Waals surface area contributed by atoms with Crippen molar-refractivity contribution >= 4 is 22.6 Å². The zero-order valence-corrected chi connectivity index (χ0v) is 14.2. The summed E-state index contributed by atoms with van der Waals surface area (Å²) in [6.45, 7) is 0. The average Bonchev–Trinajstić information content (AvgIpc) is 3.07. The van der Waals surface area contributed by atoms with Gasteiger partial charge in [0.05, 0.1) is 33.0 Å². The van der Waals surface area contributed by atoms with Crippen LogP contribution in [0.15, 0.2) is 46.9 Å². The quantitative estimate of drug-likeness (QED) is 0.641. The van der Waals surface area contributed by atoms with Crippen molar-refractivity contribution < 1.29 is 18.6 Å². The van der Waals surface area contributed by atoms with Crippen LogP contribution in [0, 0.1) is 11.3 Å². The minimum absolute atomic E-state index is 0.429. The van der Waals surface area contributed by atoms with Gasteiger partial charge in [0.2, 0.25) is 5.75 Å². The van der Waals surface area contributed by atoms with Gasteiger partial charge in [-0.2, -0.15) is 5.26 Å². The largest absolute Gasteiger partial charge is 0.493 e. The first-order valence-electron chi connectivity index (χ1n) is 7.61. The molecule has 0 amide bonds. The number of fused-ring (bicyclic) bond motifs is 1. The van der Waals surface area contributed by atoms with E-state index in [9.17, 15) is 5.26 Å². The summed E-state index contributed by atoms with van der Waals surface area (Å²) in [6, 6.07) is 15.3. The Kier molecular flexibility index (Phi) is 4.62. The topological polar surface area (TPSA) is 64.6 Å². The van der Waals surface area contributed by atoms with Crippen molar-refractivity contribution in [3.63, 3.8) is 0 Å². The normalized spacial score (nSPS) is 11.2. The Hall–Kier alpha value is -3.39. The van der Waals surface area contributed by atoms with Crippen LogP contribution in [0.3, 0.4) is 0 Å². The van der Waals surface area contributed by atoms with Gasteiger partial charge in [-0.3, -0.25) is 0 Å². The van der Waals surface area contributed by atoms with Crippen LogP contribution < -0.4 is 14.2 Å². The molecule has 0 unspecified atom stereocenters. The summed E-state index contributed by atoms with van der Waals surface area (Å²) < 4.78 is 21.8. The lowest BCUT2D eigenvalue weighted by Gasteiger charge is -2.13. The van der Waals surface area contributed by atoms with Crippen LogP contribution in [0.1, 0.15) is 11.3 Å². The fourth-order valence-corrected chi connectivity index (χ4v) is 2.63. The number of benzene rings is 2. The Balaban J connectivity index is 2.10. The molecule has 0 fully saturated rings. The summed E-state index contributed by atoms with van der Waals surface area (Å²) in [5, 5.41) is 10.6. The Morgan fingerprint density at radius 1 is 1.00 bits per heavy atom. The van der Waals surface area contributed by atoms with Crippen LogP contribution in [0.2, 0.25) is 0 Å². The van der Waals surface area contributed by atoms with Crippen LogP contribution >= 0.6 is 0 Å². The molecular weight excluding hydrogens is 318 g/mol. The van der Waals surface area contributed by atoms with Gasteiger partial charge in [-0.05, 0) is 35.9 Å². The molecule has 25 heavy (non-hydrogen) atoms. The molecule has 0 bridgehead atoms. The molecule has 3 rings (SSSR count). The molecule has 1 heterocycles. The Bertz CT molecular complexity index is 921. The second-order valence-electron chi connectivity index (χ2n) is 5.27. The van der Waals surface area contributed by atoms with Gasteiger partial charge in [0.15, 0.2) is 11.5 Å². The summed E-state index contributed by atoms with van der Waals surface area (Å²) in [7, 11) is 4.61. The molecule has 0 atom stereocenters. The van der Waals surface area contributed by atoms with E-state index in [1.54, 1.807) is 18.2 Å². The third kappa shape index (κ3) is 3.15. The van der Waals surface area contributed by atoms with Gasteiger partial charge >= 0.3 is 0 Å². The number of methoxy groups -OCH3 is 3. The lowest BCUT2D eigenvalue weighted by Crippen LogP contribution is -1.96. The van der Waals surface area contributed by atoms with E-state index < -0.39 is 0 Å². The molecule has 1 aromatic heterocycles. The molecule has 0 aliphatic carbocycles. The SMILES string of the molecule is COc1cc(/C(C#N)=C/c2cc3ccccc3o2)cc(OC)c1OC. The third-order valence-electron chi connectivity index (χ3n) is 3.83. The van der Waals surface area contributed by atoms with Crippen LogP contribution in [-0.4, -0.2) is 21.3 Å². The molecule has 5 heteroatoms. The summed E-state index contributed by atoms with van der Waals surface area (Å²) in [4.78, 5) is 0. The van der Waals surface area contributed by atoms with Crippen molar-refractivity contribution in [3.05, 3.63) is 53.8 Å². The predicted octanol–water partition coefficient (Wildman–Crippen LogP) is 4.52. The van der Waals surface area contributed by atoms with Gasteiger partial charge in [-0.1, -0.05) is 18.2 Å². The molecule has 0 radical (unpaired) electrons. The molecule has 0 N–H and O–H groups in total. The lowest BCUT2D eigenvalue weighted by molar-refractivity contribution is 0.324. The maximum atomic E-state index is 9.60. The Morgan fingerprint density at radius 3 is 2.24 bits per heavy atom. The van der Waals surface area contributed by atoms with Crippen LogP contribution in [0.4, 0.5) is 0 Å². The number of allylic oxidation sites excluding steroid dienone is 1. The minimum Gasteiger partial charge on any atom is -0.493 e. The van der Waals surface area contributed by atoms with E-state index in [1.807, 2.05) is 30.3 Å². The monoisotopic (exact) mass is 335 g/mol. The molecule has 2 aromatic carbocycles. The molecule has 0 saturated carbocycles. The van der Waals surface area contributed by atoms with Crippen molar-refractivity contribution in [1.82, 2.24) is 0 Å². The van der Waals surface area contributed by atoms with Gasteiger partial charge < -0.3 is 18.6 Å². The van der Waals surface area contributed by atoms with Gasteiger partial charge in [0.25, 0.3) is 0 Å². The summed E-state index contributed by atoms with van der Waals surface area (Å²) in [5.41, 5.74) is 1.85. The van der Waals surface area contributed by atoms with Gasteiger partial charge in [0.1, 0.15) is 11.3 Å². The van der Waals surface area contributed by atoms with Gasteiger partial charge in [-0.25, -0.2) is 0 Å². The van der Waals surface area contributed by atoms with Crippen molar-refractivity contribution in [3.8, 4) is 23.3 Å². The minimum atomic E-state index is 0.429. The fraction of sp³-hybridized carbons (Fsp3) is 0.150. The van der Waals surface area contributed by atoms with E-state index in [0.29, 0.717) is 34.1 Å². The zero-order valence-electron chi connectivity index (χ0n) is 14.2. The number of nitrogens with zero attached hydrogens (tertiary/aromatic N) is 1. The Morgan fingerprint density at radius 2 is 1.68 bits per heavy atom. The van der Waals surface area contributed by atoms with Crippen molar-refractivity contribution in [1.29, 1.82) is 5.26 Å². The molecule has 0 aliphatic rings. The first-order valence-corrected chi connectivity index (χ1v) is 7.61. The Labute approximate surface area is 145 Å². The molecule has 0 spiro atoms. The maximum absolute atomic E-state index is 9.60. The molecule has 126 valence electrons. The second kappa shape index (κ2) is 7.02. The van der Waals surface area contributed by atoms with E-state index >= 15 is 0 Å². The standard InChI is InChI=1S/C20H17NO4/c1-22-18-10-14(11-19(23-2)20(18)24-3)15(12-21)9-16-8-13-6-4-5-7-17(13)25-16/h4-11H,1-3H3/b15-9+. The molecule has 3 aromatic rings. The number of nitriles is 1. The van der Waals surface area contributed by atoms with E-state index in [4.69, 9.17) is 18.6 Å². The summed E-state index contributed by atoms with van der Waals surface area (Å²) in [6.07, 6.45) is 1.70. The number of hydrogen-bond acceptors (Lipinski definition) is 5. The number of para-hydroxylation sites is 1. The van der Waals surface area contributed by atoms with Gasteiger partial charge in [-0.15, -0.1) is 0 Å². The van der Waals surface area contributed by atoms with Crippen LogP contribution in [-0.2, 0) is 0 Å². The zero-order chi connectivity index (χ0) is 17.8. The molecule has 0 aliphatic heterocycles. The maximum Gasteiger partial charge on any atom is 0.203 e. The molecule has 0 saturated heterocycles. The van der Waals surface area contributed by atoms with E-state index in [1.165, 1.54) is 21.3 Å². The lowest BCUT2D eigenvalue weighted by atomic mass is 10.0. The smallest absolute Gasteiger partial charge is 0.203 e. The first kappa shape index (κ1) is 16.5. The van der Waals surface area contributed by atoms with Crippen LogP contribution in [0.5, 0.6) is 17.2 Å². The predicted molar refractivity (Wildman–Crippen MR) is 95.8 cm³/mol. The van der Waals surface area contributed by atoms with Crippen molar-refractivity contribution in [2.75, 3.05) is 21.3 Å². The third-order valence-corrected chi connectivity index (χ3v) is 3.83. The van der Waals surface area contributed by atoms with Gasteiger partial charge in [0, 0.05) is 5.39 Å². The highest BCUT2D eigenvalue weighted by Crippen LogP contribution is 2.40. The van der Waals surface area contributed by atoms with Crippen molar-refractivity contribution in [2.24, 2.45) is 0 Å². The number of rotatable bonds is 5. The summed E-state index contributed by atoms with van der Waals surface area (Å²) in [5.74, 6) is 2.06. The van der Waals surface area contributed by atoms with E-state index in [2.05, 4.69) is 6.07 Å². The fourth-order valence-electron chi connectivity index (χ4n) is 2.63.